The summed E-state index contributed by atoms with van der Waals surface area (Å²) in [6, 6.07) is 89.7. The molecule has 71 heavy (non-hydrogen) atoms. The Kier molecular flexibility index (Phi) is 12.4. The molecule has 1 aromatic heterocycles. The zero-order valence-corrected chi connectivity index (χ0v) is 39.0. The van der Waals surface area contributed by atoms with Gasteiger partial charge in [-0.1, -0.05) is 188 Å². The van der Waals surface area contributed by atoms with Crippen LogP contribution in [0.4, 0.5) is 17.1 Å². The van der Waals surface area contributed by atoms with E-state index in [1.807, 2.05) is 91.0 Å². The average molecular weight is 914 g/mol. The molecule has 0 unspecified atom stereocenters. The van der Waals surface area contributed by atoms with Crippen LogP contribution in [-0.2, 0) is 4.74 Å². The van der Waals surface area contributed by atoms with E-state index in [0.717, 1.165) is 84.0 Å². The molecule has 0 spiro atoms. The van der Waals surface area contributed by atoms with Gasteiger partial charge in [0.2, 0.25) is 11.8 Å². The second kappa shape index (κ2) is 20.0. The lowest BCUT2D eigenvalue weighted by atomic mass is 9.91. The highest BCUT2D eigenvalue weighted by Gasteiger charge is 2.20. The van der Waals surface area contributed by atoms with Crippen LogP contribution < -0.4 is 4.90 Å². The Morgan fingerprint density at radius 2 is 0.704 bits per heavy atom. The molecule has 10 aromatic carbocycles. The van der Waals surface area contributed by atoms with Gasteiger partial charge in [-0.3, -0.25) is 10.4 Å². The van der Waals surface area contributed by atoms with Crippen molar-refractivity contribution in [3.63, 3.8) is 0 Å². The number of para-hydroxylation sites is 1. The average Bonchev–Trinajstić information content (AvgIpc) is 3.45. The number of nitrogens with zero attached hydrogens (tertiary/aromatic N) is 4. The predicted octanol–water partition coefficient (Wildman–Crippen LogP) is 16.5. The van der Waals surface area contributed by atoms with Crippen LogP contribution in [0.1, 0.15) is 11.1 Å². The first-order valence-electron chi connectivity index (χ1n) is 23.6. The van der Waals surface area contributed by atoms with E-state index in [1.54, 1.807) is 7.05 Å². The van der Waals surface area contributed by atoms with E-state index in [4.69, 9.17) is 20.1 Å². The normalized spacial score (nSPS) is 11.3. The van der Waals surface area contributed by atoms with Crippen molar-refractivity contribution in [2.24, 2.45) is 4.99 Å². The minimum Gasteiger partial charge on any atom is -0.420 e. The molecule has 1 N–H and O–H groups in total. The molecule has 0 atom stereocenters. The van der Waals surface area contributed by atoms with Crippen molar-refractivity contribution in [3.05, 3.63) is 272 Å². The van der Waals surface area contributed by atoms with Crippen LogP contribution in [0.3, 0.4) is 0 Å². The number of hydrogen-bond acceptors (Lipinski definition) is 6. The summed E-state index contributed by atoms with van der Waals surface area (Å²) in [5.41, 5.74) is 18.6. The third kappa shape index (κ3) is 9.38. The quantitative estimate of drug-likeness (QED) is 0.104. The molecule has 338 valence electrons. The Morgan fingerprint density at radius 3 is 1.15 bits per heavy atom. The second-order valence-electron chi connectivity index (χ2n) is 17.2. The Balaban J connectivity index is 0.989. The van der Waals surface area contributed by atoms with Crippen LogP contribution >= 0.6 is 0 Å². The molecule has 1 heterocycles. The van der Waals surface area contributed by atoms with Gasteiger partial charge in [0.05, 0.1) is 22.4 Å². The molecule has 0 saturated carbocycles. The summed E-state index contributed by atoms with van der Waals surface area (Å²) in [7, 11) is 1.68. The van der Waals surface area contributed by atoms with Gasteiger partial charge in [0.1, 0.15) is 0 Å². The van der Waals surface area contributed by atoms with Crippen molar-refractivity contribution in [2.75, 3.05) is 11.9 Å². The first-order chi connectivity index (χ1) is 35.1. The topological polar surface area (TPSA) is 74.5 Å². The zero-order valence-electron chi connectivity index (χ0n) is 39.0. The van der Waals surface area contributed by atoms with Crippen molar-refractivity contribution >= 4 is 39.9 Å². The summed E-state index contributed by atoms with van der Waals surface area (Å²) < 4.78 is 5.97. The fourth-order valence-corrected chi connectivity index (χ4v) is 9.05. The Morgan fingerprint density at radius 1 is 0.366 bits per heavy atom. The number of anilines is 3. The van der Waals surface area contributed by atoms with Crippen molar-refractivity contribution in [2.45, 2.75) is 0 Å². The van der Waals surface area contributed by atoms with E-state index in [9.17, 15) is 0 Å². The SMILES string of the molecule is C/N=C(\OC(=N)c1ccccc1)c1ccc(N(c2ccccc2)c2ccc(-c3nc4cc(-c5ccc(-c6ccccc6)cc5)c(-c5ccc(-c6ccccc6)cc5)cc4nc3-c3ccccc3)cc2)cc1. The van der Waals surface area contributed by atoms with Gasteiger partial charge in [-0.15, -0.1) is 0 Å². The lowest BCUT2D eigenvalue weighted by Crippen LogP contribution is -2.14. The number of nitrogens with one attached hydrogen (secondary N) is 1. The lowest BCUT2D eigenvalue weighted by Gasteiger charge is -2.26. The standard InChI is InChI=1S/C65H47N5O/c1-67-65(71-64(66)53-23-13-5-14-24-53)54-37-41-57(42-38-54)70(55-25-15-6-16-26-55)56-39-35-52(36-40-56)63-62(51-21-11-4-12-22-51)68-60-43-58(49-31-27-47(28-32-49)45-17-7-2-8-18-45)59(44-61(60)69-63)50-33-29-48(30-34-50)46-19-9-3-10-20-46/h2-44,66H,1H3/b66-64?,67-65-. The van der Waals surface area contributed by atoms with Crippen molar-refractivity contribution < 1.29 is 4.74 Å². The number of rotatable bonds is 11. The van der Waals surface area contributed by atoms with Crippen molar-refractivity contribution in [1.82, 2.24) is 9.97 Å². The number of hydrogen-bond donors (Lipinski definition) is 1. The highest BCUT2D eigenvalue weighted by atomic mass is 16.5. The van der Waals surface area contributed by atoms with Gasteiger partial charge in [-0.2, -0.15) is 0 Å². The van der Waals surface area contributed by atoms with Crippen LogP contribution in [0.2, 0.25) is 0 Å². The van der Waals surface area contributed by atoms with Crippen LogP contribution in [0.15, 0.2) is 266 Å². The van der Waals surface area contributed by atoms with E-state index in [1.165, 1.54) is 16.7 Å². The fourth-order valence-electron chi connectivity index (χ4n) is 9.05. The van der Waals surface area contributed by atoms with Crippen LogP contribution in [0.25, 0.3) is 78.1 Å². The van der Waals surface area contributed by atoms with E-state index in [-0.39, 0.29) is 5.90 Å². The van der Waals surface area contributed by atoms with Crippen molar-refractivity contribution in [1.29, 1.82) is 5.41 Å². The summed E-state index contributed by atoms with van der Waals surface area (Å²) in [6.45, 7) is 0. The molecule has 11 rings (SSSR count). The Bertz CT molecular complexity index is 3620. The molecule has 0 saturated heterocycles. The largest absolute Gasteiger partial charge is 0.420 e. The minimum atomic E-state index is 0.0387. The third-order valence-corrected chi connectivity index (χ3v) is 12.7. The molecular weight excluding hydrogens is 867 g/mol. The molecule has 0 aliphatic heterocycles. The molecular formula is C65H47N5O. The molecule has 0 amide bonds. The van der Waals surface area contributed by atoms with E-state index in [2.05, 4.69) is 180 Å². The monoisotopic (exact) mass is 913 g/mol. The van der Waals surface area contributed by atoms with Crippen LogP contribution in [0, 0.1) is 5.41 Å². The van der Waals surface area contributed by atoms with Gasteiger partial charge in [0.25, 0.3) is 0 Å². The number of fused-ring (bicyclic) bond motifs is 1. The van der Waals surface area contributed by atoms with Gasteiger partial charge < -0.3 is 9.64 Å². The number of benzene rings is 10. The fraction of sp³-hybridized carbons (Fsp3) is 0.0154. The van der Waals surface area contributed by atoms with Crippen LogP contribution in [0.5, 0.6) is 0 Å². The number of aliphatic imine (C=N–C) groups is 1. The summed E-state index contributed by atoms with van der Waals surface area (Å²) >= 11 is 0. The van der Waals surface area contributed by atoms with E-state index < -0.39 is 0 Å². The predicted molar refractivity (Wildman–Crippen MR) is 294 cm³/mol. The molecule has 0 fully saturated rings. The summed E-state index contributed by atoms with van der Waals surface area (Å²) in [4.78, 5) is 17.6. The molecule has 0 aliphatic carbocycles. The maximum Gasteiger partial charge on any atom is 0.223 e. The first kappa shape index (κ1) is 44.0. The Hall–Kier alpha value is -9.52. The number of ether oxygens (including phenoxy) is 1. The van der Waals surface area contributed by atoms with E-state index >= 15 is 0 Å². The van der Waals surface area contributed by atoms with Gasteiger partial charge in [-0.05, 0) is 117 Å². The lowest BCUT2D eigenvalue weighted by molar-refractivity contribution is 0.542. The molecule has 0 bridgehead atoms. The van der Waals surface area contributed by atoms with Gasteiger partial charge in [0.15, 0.2) is 0 Å². The highest BCUT2D eigenvalue weighted by molar-refractivity contribution is 6.06. The van der Waals surface area contributed by atoms with Gasteiger partial charge in [-0.25, -0.2) is 9.97 Å². The third-order valence-electron chi connectivity index (χ3n) is 12.7. The number of aromatic nitrogens is 2. The maximum atomic E-state index is 8.56. The Labute approximate surface area is 414 Å². The highest BCUT2D eigenvalue weighted by Crippen LogP contribution is 2.41. The minimum absolute atomic E-state index is 0.0387. The van der Waals surface area contributed by atoms with Gasteiger partial charge >= 0.3 is 0 Å². The summed E-state index contributed by atoms with van der Waals surface area (Å²) in [5, 5.41) is 8.56. The first-order valence-corrected chi connectivity index (χ1v) is 23.6. The molecule has 6 heteroatoms. The molecule has 0 radical (unpaired) electrons. The smallest absolute Gasteiger partial charge is 0.223 e. The molecule has 6 nitrogen and oxygen atoms in total. The van der Waals surface area contributed by atoms with E-state index in [0.29, 0.717) is 11.5 Å². The van der Waals surface area contributed by atoms with Crippen molar-refractivity contribution in [3.8, 4) is 67.0 Å². The second-order valence-corrected chi connectivity index (χ2v) is 17.2. The maximum absolute atomic E-state index is 8.56. The molecule has 11 aromatic rings. The summed E-state index contributed by atoms with van der Waals surface area (Å²) in [6.07, 6.45) is 0. The summed E-state index contributed by atoms with van der Waals surface area (Å²) in [5.74, 6) is 0.408. The zero-order chi connectivity index (χ0) is 47.9. The van der Waals surface area contributed by atoms with Crippen LogP contribution in [-0.4, -0.2) is 28.8 Å². The van der Waals surface area contributed by atoms with Gasteiger partial charge in [0, 0.05) is 46.4 Å². The molecule has 0 aliphatic rings.